The minimum atomic E-state index is -4.61. The Hall–Kier alpha value is -1.08. The van der Waals surface area contributed by atoms with Gasteiger partial charge in [-0.25, -0.2) is 4.18 Å². The number of fused-ring (bicyclic) bond motifs is 5. The molecule has 11 heteroatoms. The second kappa shape index (κ2) is 12.3. The van der Waals surface area contributed by atoms with Crippen LogP contribution < -0.4 is 5.32 Å². The number of aliphatic hydroxyl groups is 3. The summed E-state index contributed by atoms with van der Waals surface area (Å²) in [5, 5.41) is 35.0. The Kier molecular flexibility index (Phi) is 9.49. The molecule has 1 heterocycles. The predicted molar refractivity (Wildman–Crippen MR) is 160 cm³/mol. The summed E-state index contributed by atoms with van der Waals surface area (Å²) in [6.45, 7) is 10.3. The number of carbonyl (C=O) groups is 1. The highest BCUT2D eigenvalue weighted by Gasteiger charge is 2.63. The van der Waals surface area contributed by atoms with Crippen LogP contribution in [0.2, 0.25) is 0 Å². The monoisotopic (exact) mass is 627 g/mol. The van der Waals surface area contributed by atoms with Crippen LogP contribution in [0.3, 0.4) is 0 Å². The molecule has 1 saturated heterocycles. The summed E-state index contributed by atoms with van der Waals surface area (Å²) in [6, 6.07) is -0.889. The quantitative estimate of drug-likeness (QED) is 0.201. The Morgan fingerprint density at radius 1 is 1.14 bits per heavy atom. The van der Waals surface area contributed by atoms with E-state index in [1.54, 1.807) is 0 Å². The van der Waals surface area contributed by atoms with E-state index in [1.807, 2.05) is 0 Å². The van der Waals surface area contributed by atoms with Crippen LogP contribution in [0.25, 0.3) is 0 Å². The van der Waals surface area contributed by atoms with Gasteiger partial charge in [0.1, 0.15) is 18.3 Å². The lowest BCUT2D eigenvalue weighted by Gasteiger charge is -2.62. The lowest BCUT2D eigenvalue weighted by atomic mass is 9.44. The first-order chi connectivity index (χ1) is 20.1. The molecule has 0 aromatic carbocycles. The number of amides is 1. The van der Waals surface area contributed by atoms with Crippen LogP contribution in [0.5, 0.6) is 0 Å². The third-order valence-corrected chi connectivity index (χ3v) is 13.1. The first-order valence-corrected chi connectivity index (χ1v) is 17.8. The van der Waals surface area contributed by atoms with Crippen LogP contribution in [0.15, 0.2) is 11.6 Å². The van der Waals surface area contributed by atoms with Crippen LogP contribution >= 0.6 is 0 Å². The fourth-order valence-electron chi connectivity index (χ4n) is 10.8. The topological polar surface area (TPSA) is 163 Å². The molecule has 1 amide bonds. The number of rotatable bonds is 8. The SMILES string of the molecule is CCC[C@@H](C)[C@H]1CC[C@H]2[C@@H]3[C@@H](C4O[C@H](CO)[C@@H](O)[C@H](O)[C@H]4NC(C)=O)C=C4C[C@@H](OS(=O)(=O)O)CC[C@]4(C)[C@H]3CC[C@]12C. The molecule has 14 atom stereocenters. The van der Waals surface area contributed by atoms with Gasteiger partial charge in [-0.2, -0.15) is 8.42 Å². The lowest BCUT2D eigenvalue weighted by molar-refractivity contribution is -0.217. The number of hydrogen-bond acceptors (Lipinski definition) is 8. The molecule has 0 spiro atoms. The molecule has 5 aliphatic rings. The molecule has 3 saturated carbocycles. The van der Waals surface area contributed by atoms with E-state index in [-0.39, 0.29) is 34.5 Å². The zero-order valence-electron chi connectivity index (χ0n) is 26.3. The molecule has 0 bridgehead atoms. The standard InChI is InChI=1S/C32H53NO9S/c1-6-7-17(2)22-8-9-23-26-21(30-27(33-18(3)35)29(37)28(36)25(16-34)41-30)15-19-14-20(42-43(38,39)40)10-12-31(19,4)24(26)11-13-32(22,23)5/h15,17,20-30,34,36-37H,6-14,16H2,1-5H3,(H,33,35)(H,38,39,40)/t17-,20+,21+,22-,23+,24+,25-,26+,27-,28-,29-,30?,31+,32-/m1/s1. The van der Waals surface area contributed by atoms with E-state index in [9.17, 15) is 33.1 Å². The van der Waals surface area contributed by atoms with Crippen LogP contribution in [-0.2, 0) is 24.1 Å². The molecular weight excluding hydrogens is 574 g/mol. The van der Waals surface area contributed by atoms with Crippen molar-refractivity contribution in [3.8, 4) is 0 Å². The molecule has 5 rings (SSSR count). The molecule has 10 nitrogen and oxygen atoms in total. The van der Waals surface area contributed by atoms with Crippen molar-refractivity contribution < 1.29 is 42.0 Å². The van der Waals surface area contributed by atoms with Crippen molar-refractivity contribution in [1.29, 1.82) is 0 Å². The third kappa shape index (κ3) is 5.97. The second-order valence-corrected chi connectivity index (χ2v) is 15.9. The van der Waals surface area contributed by atoms with Crippen molar-refractivity contribution in [3.63, 3.8) is 0 Å². The zero-order valence-corrected chi connectivity index (χ0v) is 27.1. The van der Waals surface area contributed by atoms with E-state index >= 15 is 0 Å². The summed E-state index contributed by atoms with van der Waals surface area (Å²) in [7, 11) is -4.61. The summed E-state index contributed by atoms with van der Waals surface area (Å²) in [4.78, 5) is 12.4. The first-order valence-electron chi connectivity index (χ1n) is 16.4. The van der Waals surface area contributed by atoms with Crippen LogP contribution in [0, 0.1) is 46.3 Å². The van der Waals surface area contributed by atoms with Crippen molar-refractivity contribution >= 4 is 16.3 Å². The highest BCUT2D eigenvalue weighted by atomic mass is 32.3. The van der Waals surface area contributed by atoms with Gasteiger partial charge in [-0.15, -0.1) is 0 Å². The van der Waals surface area contributed by atoms with E-state index in [4.69, 9.17) is 8.92 Å². The minimum Gasteiger partial charge on any atom is -0.394 e. The molecule has 246 valence electrons. The van der Waals surface area contributed by atoms with Crippen molar-refractivity contribution in [2.75, 3.05) is 6.61 Å². The lowest BCUT2D eigenvalue weighted by Crippen LogP contribution is -2.67. The maximum absolute atomic E-state index is 12.4. The summed E-state index contributed by atoms with van der Waals surface area (Å²) in [5.74, 6) is 1.44. The van der Waals surface area contributed by atoms with Gasteiger partial charge in [0.25, 0.3) is 0 Å². The first kappa shape index (κ1) is 33.3. The summed E-state index contributed by atoms with van der Waals surface area (Å²) >= 11 is 0. The van der Waals surface area contributed by atoms with Gasteiger partial charge in [-0.05, 0) is 85.4 Å². The van der Waals surface area contributed by atoms with Gasteiger partial charge in [0, 0.05) is 12.8 Å². The van der Waals surface area contributed by atoms with Crippen molar-refractivity contribution in [3.05, 3.63) is 11.6 Å². The van der Waals surface area contributed by atoms with E-state index in [0.717, 1.165) is 44.1 Å². The molecule has 0 radical (unpaired) electrons. The third-order valence-electron chi connectivity index (χ3n) is 12.6. The molecule has 1 unspecified atom stereocenters. The Labute approximate surface area is 256 Å². The minimum absolute atomic E-state index is 0.133. The van der Waals surface area contributed by atoms with Crippen LogP contribution in [0.4, 0.5) is 0 Å². The smallest absolute Gasteiger partial charge is 0.394 e. The Morgan fingerprint density at radius 2 is 1.86 bits per heavy atom. The highest BCUT2D eigenvalue weighted by Crippen LogP contribution is 2.69. The molecule has 4 aliphatic carbocycles. The van der Waals surface area contributed by atoms with Gasteiger partial charge in [0.05, 0.1) is 24.9 Å². The van der Waals surface area contributed by atoms with Crippen molar-refractivity contribution in [2.45, 2.75) is 129 Å². The normalized spacial score (nSPS) is 47.1. The van der Waals surface area contributed by atoms with E-state index in [0.29, 0.717) is 30.6 Å². The van der Waals surface area contributed by atoms with E-state index < -0.39 is 53.6 Å². The number of ether oxygens (including phenoxy) is 1. The van der Waals surface area contributed by atoms with Gasteiger partial charge in [0.15, 0.2) is 0 Å². The largest absolute Gasteiger partial charge is 0.397 e. The average molecular weight is 628 g/mol. The average Bonchev–Trinajstić information content (AvgIpc) is 3.28. The maximum Gasteiger partial charge on any atom is 0.397 e. The molecule has 5 N–H and O–H groups in total. The summed E-state index contributed by atoms with van der Waals surface area (Å²) in [6.07, 6.45) is 5.42. The molecule has 1 aliphatic heterocycles. The van der Waals surface area contributed by atoms with Crippen molar-refractivity contribution in [2.24, 2.45) is 46.3 Å². The van der Waals surface area contributed by atoms with Gasteiger partial charge in [0.2, 0.25) is 5.91 Å². The predicted octanol–water partition coefficient (Wildman–Crippen LogP) is 3.40. The van der Waals surface area contributed by atoms with E-state index in [1.165, 1.54) is 13.3 Å². The molecule has 0 aromatic rings. The summed E-state index contributed by atoms with van der Waals surface area (Å²) in [5.41, 5.74) is 0.997. The second-order valence-electron chi connectivity index (χ2n) is 14.9. The van der Waals surface area contributed by atoms with Gasteiger partial charge < -0.3 is 25.4 Å². The number of hydrogen-bond donors (Lipinski definition) is 5. The fourth-order valence-corrected chi connectivity index (χ4v) is 11.3. The fraction of sp³-hybridized carbons (Fsp3) is 0.906. The Morgan fingerprint density at radius 3 is 2.49 bits per heavy atom. The molecule has 43 heavy (non-hydrogen) atoms. The number of carbonyl (C=O) groups excluding carboxylic acids is 1. The molecule has 4 fully saturated rings. The maximum atomic E-state index is 12.4. The van der Waals surface area contributed by atoms with Gasteiger partial charge in [-0.3, -0.25) is 9.35 Å². The van der Waals surface area contributed by atoms with Crippen molar-refractivity contribution in [1.82, 2.24) is 5.32 Å². The van der Waals surface area contributed by atoms with Gasteiger partial charge >= 0.3 is 10.4 Å². The molecule has 0 aromatic heterocycles. The van der Waals surface area contributed by atoms with Gasteiger partial charge in [-0.1, -0.05) is 52.2 Å². The Bertz CT molecular complexity index is 1180. The Balaban J connectivity index is 1.61. The zero-order chi connectivity index (χ0) is 31.5. The van der Waals surface area contributed by atoms with Crippen LogP contribution in [-0.4, -0.2) is 77.4 Å². The summed E-state index contributed by atoms with van der Waals surface area (Å²) < 4.78 is 44.2. The van der Waals surface area contributed by atoms with Crippen LogP contribution in [0.1, 0.15) is 92.4 Å². The number of nitrogens with one attached hydrogen (secondary N) is 1. The molecular formula is C32H53NO9S. The van der Waals surface area contributed by atoms with E-state index in [2.05, 4.69) is 39.1 Å². The number of aliphatic hydroxyl groups excluding tert-OH is 3. The highest BCUT2D eigenvalue weighted by molar-refractivity contribution is 7.80.